The van der Waals surface area contributed by atoms with E-state index in [4.69, 9.17) is 0 Å². The van der Waals surface area contributed by atoms with E-state index in [9.17, 15) is 13.2 Å². The minimum atomic E-state index is -4.15. The van der Waals surface area contributed by atoms with Gasteiger partial charge < -0.3 is 0 Å². The van der Waals surface area contributed by atoms with Gasteiger partial charge in [-0.2, -0.15) is 13.2 Å². The molecular formula is C14H17F3. The minimum absolute atomic E-state index is 0.0387. The van der Waals surface area contributed by atoms with Crippen LogP contribution in [0.3, 0.4) is 0 Å². The zero-order valence-electron chi connectivity index (χ0n) is 10.0. The lowest BCUT2D eigenvalue weighted by Gasteiger charge is -2.22. The van der Waals surface area contributed by atoms with Crippen LogP contribution >= 0.6 is 0 Å². The first-order chi connectivity index (χ1) is 7.91. The molecule has 0 radical (unpaired) electrons. The third kappa shape index (κ3) is 5.44. The molecular weight excluding hydrogens is 225 g/mol. The SMILES string of the molecule is C#C.CC(C)CC(c1ccccc1)C(F)(F)F. The van der Waals surface area contributed by atoms with Crippen LogP contribution in [-0.2, 0) is 0 Å². The lowest BCUT2D eigenvalue weighted by atomic mass is 9.90. The zero-order chi connectivity index (χ0) is 13.5. The Morgan fingerprint density at radius 3 is 1.88 bits per heavy atom. The molecule has 0 saturated carbocycles. The predicted octanol–water partition coefficient (Wildman–Crippen LogP) is 4.63. The van der Waals surface area contributed by atoms with E-state index in [1.807, 2.05) is 13.8 Å². The van der Waals surface area contributed by atoms with Crippen LogP contribution in [0.4, 0.5) is 13.2 Å². The maximum Gasteiger partial charge on any atom is 0.395 e. The zero-order valence-corrected chi connectivity index (χ0v) is 10.0. The van der Waals surface area contributed by atoms with E-state index < -0.39 is 12.1 Å². The normalized spacial score (nSPS) is 12.7. The predicted molar refractivity (Wildman–Crippen MR) is 64.6 cm³/mol. The standard InChI is InChI=1S/C12H15F3.C2H2/c1-9(2)8-11(12(13,14)15)10-6-4-3-5-7-10;1-2/h3-7,9,11H,8H2,1-2H3;1-2H. The van der Waals surface area contributed by atoms with Gasteiger partial charge in [-0.25, -0.2) is 0 Å². The van der Waals surface area contributed by atoms with Crippen LogP contribution in [0, 0.1) is 18.8 Å². The van der Waals surface area contributed by atoms with Crippen molar-refractivity contribution < 1.29 is 13.2 Å². The maximum atomic E-state index is 12.8. The summed E-state index contributed by atoms with van der Waals surface area (Å²) in [5.41, 5.74) is 0.360. The third-order valence-electron chi connectivity index (χ3n) is 2.30. The van der Waals surface area contributed by atoms with Crippen molar-refractivity contribution in [1.29, 1.82) is 0 Å². The molecule has 1 rings (SSSR count). The van der Waals surface area contributed by atoms with Crippen LogP contribution in [0.1, 0.15) is 31.7 Å². The topological polar surface area (TPSA) is 0 Å². The molecule has 1 atom stereocenters. The van der Waals surface area contributed by atoms with Crippen molar-refractivity contribution >= 4 is 0 Å². The molecule has 0 heterocycles. The number of terminal acetylenes is 1. The molecule has 0 aliphatic carbocycles. The summed E-state index contributed by atoms with van der Waals surface area (Å²) in [5.74, 6) is -1.30. The average Bonchev–Trinajstić information content (AvgIpc) is 2.28. The Morgan fingerprint density at radius 2 is 1.53 bits per heavy atom. The first kappa shape index (κ1) is 15.6. The molecule has 94 valence electrons. The number of hydrogen-bond acceptors (Lipinski definition) is 0. The first-order valence-corrected chi connectivity index (χ1v) is 5.36. The molecule has 1 aromatic rings. The average molecular weight is 242 g/mol. The van der Waals surface area contributed by atoms with Crippen LogP contribution in [0.25, 0.3) is 0 Å². The highest BCUT2D eigenvalue weighted by atomic mass is 19.4. The van der Waals surface area contributed by atoms with Crippen molar-refractivity contribution in [3.63, 3.8) is 0 Å². The largest absolute Gasteiger partial charge is 0.395 e. The van der Waals surface area contributed by atoms with Crippen molar-refractivity contribution in [3.05, 3.63) is 35.9 Å². The minimum Gasteiger partial charge on any atom is -0.170 e. The Balaban J connectivity index is 0.00000121. The van der Waals surface area contributed by atoms with E-state index in [0.29, 0.717) is 5.56 Å². The summed E-state index contributed by atoms with van der Waals surface area (Å²) >= 11 is 0. The van der Waals surface area contributed by atoms with E-state index in [2.05, 4.69) is 12.8 Å². The van der Waals surface area contributed by atoms with Gasteiger partial charge in [0.05, 0.1) is 5.92 Å². The molecule has 1 unspecified atom stereocenters. The van der Waals surface area contributed by atoms with E-state index in [1.165, 1.54) is 0 Å². The van der Waals surface area contributed by atoms with Gasteiger partial charge >= 0.3 is 6.18 Å². The monoisotopic (exact) mass is 242 g/mol. The fraction of sp³-hybridized carbons (Fsp3) is 0.429. The highest BCUT2D eigenvalue weighted by molar-refractivity contribution is 5.21. The van der Waals surface area contributed by atoms with Gasteiger partial charge in [0.1, 0.15) is 0 Å². The van der Waals surface area contributed by atoms with Gasteiger partial charge in [0.15, 0.2) is 0 Å². The second-order valence-corrected chi connectivity index (χ2v) is 4.13. The molecule has 0 bridgehead atoms. The number of rotatable bonds is 3. The Labute approximate surface area is 101 Å². The summed E-state index contributed by atoms with van der Waals surface area (Å²) in [5, 5.41) is 0. The summed E-state index contributed by atoms with van der Waals surface area (Å²) in [4.78, 5) is 0. The van der Waals surface area contributed by atoms with Gasteiger partial charge in [0, 0.05) is 0 Å². The lowest BCUT2D eigenvalue weighted by Crippen LogP contribution is -2.22. The summed E-state index contributed by atoms with van der Waals surface area (Å²) in [7, 11) is 0. The second-order valence-electron chi connectivity index (χ2n) is 4.13. The molecule has 0 aliphatic rings. The maximum absolute atomic E-state index is 12.8. The molecule has 0 spiro atoms. The molecule has 0 aliphatic heterocycles. The van der Waals surface area contributed by atoms with E-state index in [1.54, 1.807) is 30.3 Å². The summed E-state index contributed by atoms with van der Waals surface area (Å²) < 4.78 is 38.3. The highest BCUT2D eigenvalue weighted by Gasteiger charge is 2.40. The molecule has 17 heavy (non-hydrogen) atoms. The molecule has 3 heteroatoms. The van der Waals surface area contributed by atoms with Crippen LogP contribution in [0.15, 0.2) is 30.3 Å². The number of benzene rings is 1. The van der Waals surface area contributed by atoms with E-state index >= 15 is 0 Å². The molecule has 0 amide bonds. The smallest absolute Gasteiger partial charge is 0.170 e. The molecule has 0 nitrogen and oxygen atoms in total. The van der Waals surface area contributed by atoms with E-state index in [0.717, 1.165) is 0 Å². The van der Waals surface area contributed by atoms with Crippen LogP contribution in [0.5, 0.6) is 0 Å². The van der Waals surface area contributed by atoms with Crippen molar-refractivity contribution in [2.75, 3.05) is 0 Å². The van der Waals surface area contributed by atoms with Gasteiger partial charge in [-0.15, -0.1) is 12.8 Å². The molecule has 1 aromatic carbocycles. The van der Waals surface area contributed by atoms with Crippen LogP contribution in [0.2, 0.25) is 0 Å². The number of alkyl halides is 3. The Kier molecular flexibility index (Phi) is 6.42. The van der Waals surface area contributed by atoms with Crippen molar-refractivity contribution in [2.45, 2.75) is 32.4 Å². The quantitative estimate of drug-likeness (QED) is 0.678. The van der Waals surface area contributed by atoms with Gasteiger partial charge in [-0.05, 0) is 17.9 Å². The molecule has 0 aromatic heterocycles. The fourth-order valence-electron chi connectivity index (χ4n) is 1.62. The van der Waals surface area contributed by atoms with Gasteiger partial charge in [0.2, 0.25) is 0 Å². The van der Waals surface area contributed by atoms with Crippen LogP contribution < -0.4 is 0 Å². The first-order valence-electron chi connectivity index (χ1n) is 5.36. The van der Waals surface area contributed by atoms with Crippen molar-refractivity contribution in [2.24, 2.45) is 5.92 Å². The molecule has 0 fully saturated rings. The lowest BCUT2D eigenvalue weighted by molar-refractivity contribution is -0.153. The van der Waals surface area contributed by atoms with Crippen molar-refractivity contribution in [1.82, 2.24) is 0 Å². The molecule has 0 N–H and O–H groups in total. The van der Waals surface area contributed by atoms with Crippen LogP contribution in [-0.4, -0.2) is 6.18 Å². The molecule has 0 saturated heterocycles. The summed E-state index contributed by atoms with van der Waals surface area (Å²) in [6.07, 6.45) is 4.00. The van der Waals surface area contributed by atoms with Gasteiger partial charge in [-0.3, -0.25) is 0 Å². The van der Waals surface area contributed by atoms with Crippen molar-refractivity contribution in [3.8, 4) is 12.8 Å². The van der Waals surface area contributed by atoms with Gasteiger partial charge in [0.25, 0.3) is 0 Å². The van der Waals surface area contributed by atoms with E-state index in [-0.39, 0.29) is 12.3 Å². The number of hydrogen-bond donors (Lipinski definition) is 0. The Bertz CT molecular complexity index is 322. The Morgan fingerprint density at radius 1 is 1.06 bits per heavy atom. The second kappa shape index (κ2) is 7.01. The Hall–Kier alpha value is -1.43. The summed E-state index contributed by atoms with van der Waals surface area (Å²) in [6, 6.07) is 8.11. The third-order valence-corrected chi connectivity index (χ3v) is 2.30. The fourth-order valence-corrected chi connectivity index (χ4v) is 1.62. The number of halogens is 3. The highest BCUT2D eigenvalue weighted by Crippen LogP contribution is 2.39. The van der Waals surface area contributed by atoms with Gasteiger partial charge in [-0.1, -0.05) is 44.2 Å². The summed E-state index contributed by atoms with van der Waals surface area (Å²) in [6.45, 7) is 3.61.